The fraction of sp³-hybridized carbons (Fsp3) is 0.524. The van der Waals surface area contributed by atoms with Gasteiger partial charge in [0.15, 0.2) is 11.3 Å². The van der Waals surface area contributed by atoms with Crippen molar-refractivity contribution in [3.63, 3.8) is 0 Å². The molecule has 7 nitrogen and oxygen atoms in total. The Morgan fingerprint density at radius 3 is 2.77 bits per heavy atom. The van der Waals surface area contributed by atoms with Gasteiger partial charge in [-0.1, -0.05) is 36.3 Å². The quantitative estimate of drug-likeness (QED) is 0.606. The molecule has 2 aromatic rings. The van der Waals surface area contributed by atoms with E-state index in [-0.39, 0.29) is 6.03 Å². The number of rotatable bonds is 6. The first-order chi connectivity index (χ1) is 14.6. The Labute approximate surface area is 186 Å². The fourth-order valence-corrected chi connectivity index (χ4v) is 5.24. The molecule has 1 saturated heterocycles. The lowest BCUT2D eigenvalue weighted by Gasteiger charge is -2.37. The van der Waals surface area contributed by atoms with Crippen LogP contribution >= 0.6 is 23.6 Å². The number of aromatic nitrogens is 2. The van der Waals surface area contributed by atoms with Gasteiger partial charge in [-0.2, -0.15) is 0 Å². The fourth-order valence-electron chi connectivity index (χ4n) is 3.92. The molecule has 0 radical (unpaired) electrons. The van der Waals surface area contributed by atoms with E-state index in [1.165, 1.54) is 24.2 Å². The Balaban J connectivity index is 1.57. The number of thiocarbonyl (C=S) groups is 1. The van der Waals surface area contributed by atoms with Crippen LogP contribution in [0.15, 0.2) is 24.3 Å². The zero-order valence-electron chi connectivity index (χ0n) is 17.2. The molecule has 1 aliphatic heterocycles. The second kappa shape index (κ2) is 9.26. The van der Waals surface area contributed by atoms with Crippen molar-refractivity contribution in [2.75, 3.05) is 25.1 Å². The first-order valence-electron chi connectivity index (χ1n) is 10.4. The van der Waals surface area contributed by atoms with E-state index in [2.05, 4.69) is 10.2 Å². The third-order valence-electron chi connectivity index (χ3n) is 5.52. The molecule has 2 amide bonds. The number of benzene rings is 1. The Hall–Kier alpha value is -2.26. The molecule has 2 aliphatic rings. The van der Waals surface area contributed by atoms with E-state index in [9.17, 15) is 4.79 Å². The van der Waals surface area contributed by atoms with Crippen LogP contribution in [0.5, 0.6) is 5.75 Å². The van der Waals surface area contributed by atoms with Gasteiger partial charge in [-0.05, 0) is 44.1 Å². The number of hydrogen-bond acceptors (Lipinski definition) is 7. The maximum atomic E-state index is 13.0. The summed E-state index contributed by atoms with van der Waals surface area (Å²) in [4.78, 5) is 16.3. The topological polar surface area (TPSA) is 67.8 Å². The van der Waals surface area contributed by atoms with Crippen molar-refractivity contribution in [2.45, 2.75) is 51.2 Å². The van der Waals surface area contributed by atoms with Gasteiger partial charge in [0.2, 0.25) is 5.13 Å². The summed E-state index contributed by atoms with van der Waals surface area (Å²) in [6.07, 6.45) is 4.83. The molecule has 1 atom stereocenters. The number of carbonyl (C=O) groups excluding carboxylic acids is 1. The molecule has 9 heteroatoms. The lowest BCUT2D eigenvalue weighted by atomic mass is 10.1. The zero-order valence-corrected chi connectivity index (χ0v) is 18.9. The first kappa shape index (κ1) is 21.0. The Morgan fingerprint density at radius 2 is 2.00 bits per heavy atom. The van der Waals surface area contributed by atoms with Crippen molar-refractivity contribution < 1.29 is 14.3 Å². The summed E-state index contributed by atoms with van der Waals surface area (Å²) in [5.74, 6) is 1.13. The minimum Gasteiger partial charge on any atom is -0.493 e. The average molecular weight is 447 g/mol. The third-order valence-corrected chi connectivity index (χ3v) is 6.92. The lowest BCUT2D eigenvalue weighted by molar-refractivity contribution is 0.128. The van der Waals surface area contributed by atoms with Crippen molar-refractivity contribution in [3.05, 3.63) is 34.8 Å². The zero-order chi connectivity index (χ0) is 21.1. The summed E-state index contributed by atoms with van der Waals surface area (Å²) in [6.45, 7) is 3.05. The molecule has 0 N–H and O–H groups in total. The number of para-hydroxylation sites is 1. The minimum absolute atomic E-state index is 0.152. The molecule has 2 heterocycles. The molecule has 0 spiro atoms. The molecule has 1 saturated carbocycles. The van der Waals surface area contributed by atoms with Gasteiger partial charge in [0.25, 0.3) is 0 Å². The Kier molecular flexibility index (Phi) is 6.48. The van der Waals surface area contributed by atoms with Gasteiger partial charge in [0.05, 0.1) is 12.2 Å². The number of carbonyl (C=O) groups is 1. The van der Waals surface area contributed by atoms with Crippen LogP contribution in [0.2, 0.25) is 0 Å². The highest BCUT2D eigenvalue weighted by Crippen LogP contribution is 2.38. The van der Waals surface area contributed by atoms with Gasteiger partial charge in [0, 0.05) is 25.9 Å². The van der Waals surface area contributed by atoms with Crippen LogP contribution in [-0.2, 0) is 4.74 Å². The third kappa shape index (κ3) is 4.27. The van der Waals surface area contributed by atoms with Gasteiger partial charge in [-0.15, -0.1) is 10.2 Å². The monoisotopic (exact) mass is 446 g/mol. The number of hydrogen-bond donors (Lipinski definition) is 0. The predicted octanol–water partition coefficient (Wildman–Crippen LogP) is 4.57. The SMILES string of the molecule is CCOc1ccccc1C(=S)OC1CCN(C)C(=O)N1c1nnc(C2CCCC2)s1. The van der Waals surface area contributed by atoms with Crippen LogP contribution in [0.1, 0.15) is 55.5 Å². The molecule has 2 fully saturated rings. The van der Waals surface area contributed by atoms with Gasteiger partial charge in [0.1, 0.15) is 10.8 Å². The van der Waals surface area contributed by atoms with Crippen molar-refractivity contribution >= 4 is 39.8 Å². The Morgan fingerprint density at radius 1 is 1.23 bits per heavy atom. The molecular weight excluding hydrogens is 420 g/mol. The molecule has 1 aliphatic carbocycles. The number of amides is 2. The van der Waals surface area contributed by atoms with E-state index in [0.717, 1.165) is 17.8 Å². The van der Waals surface area contributed by atoms with Crippen LogP contribution < -0.4 is 9.64 Å². The van der Waals surface area contributed by atoms with Crippen molar-refractivity contribution in [2.24, 2.45) is 0 Å². The molecular formula is C21H26N4O3S2. The highest BCUT2D eigenvalue weighted by molar-refractivity contribution is 7.80. The maximum absolute atomic E-state index is 13.0. The van der Waals surface area contributed by atoms with Crippen LogP contribution in [0.3, 0.4) is 0 Å². The smallest absolute Gasteiger partial charge is 0.329 e. The van der Waals surface area contributed by atoms with Gasteiger partial charge >= 0.3 is 6.03 Å². The molecule has 1 aromatic heterocycles. The van der Waals surface area contributed by atoms with E-state index >= 15 is 0 Å². The van der Waals surface area contributed by atoms with Gasteiger partial charge in [-0.25, -0.2) is 9.69 Å². The van der Waals surface area contributed by atoms with E-state index in [1.807, 2.05) is 31.2 Å². The van der Waals surface area contributed by atoms with Crippen LogP contribution in [0.25, 0.3) is 0 Å². The van der Waals surface area contributed by atoms with Crippen molar-refractivity contribution in [1.29, 1.82) is 0 Å². The molecule has 0 bridgehead atoms. The highest BCUT2D eigenvalue weighted by atomic mass is 32.1. The lowest BCUT2D eigenvalue weighted by Crippen LogP contribution is -2.54. The van der Waals surface area contributed by atoms with E-state index in [4.69, 9.17) is 21.7 Å². The normalized spacial score (nSPS) is 19.9. The first-order valence-corrected chi connectivity index (χ1v) is 11.6. The van der Waals surface area contributed by atoms with Gasteiger partial charge < -0.3 is 14.4 Å². The second-order valence-electron chi connectivity index (χ2n) is 7.56. The van der Waals surface area contributed by atoms with Crippen molar-refractivity contribution in [3.8, 4) is 5.75 Å². The minimum atomic E-state index is -0.528. The maximum Gasteiger partial charge on any atom is 0.329 e. The molecule has 1 aromatic carbocycles. The molecule has 30 heavy (non-hydrogen) atoms. The van der Waals surface area contributed by atoms with Crippen LogP contribution in [-0.4, -0.2) is 52.6 Å². The average Bonchev–Trinajstić information content (AvgIpc) is 3.43. The number of urea groups is 1. The standard InChI is InChI=1S/C21H26N4O3S2/c1-3-27-16-11-7-6-10-15(16)19(29)28-17-12-13-24(2)21(26)25(17)20-23-22-18(30-20)14-8-4-5-9-14/h6-7,10-11,14,17H,3-5,8-9,12-13H2,1-2H3. The number of anilines is 1. The van der Waals surface area contributed by atoms with Crippen LogP contribution in [0, 0.1) is 0 Å². The van der Waals surface area contributed by atoms with E-state index in [0.29, 0.717) is 47.0 Å². The largest absolute Gasteiger partial charge is 0.493 e. The second-order valence-corrected chi connectivity index (χ2v) is 8.91. The highest BCUT2D eigenvalue weighted by Gasteiger charge is 2.37. The molecule has 160 valence electrons. The Bertz CT molecular complexity index is 913. The summed E-state index contributed by atoms with van der Waals surface area (Å²) < 4.78 is 11.8. The van der Waals surface area contributed by atoms with Gasteiger partial charge in [-0.3, -0.25) is 0 Å². The number of ether oxygens (including phenoxy) is 2. The van der Waals surface area contributed by atoms with E-state index < -0.39 is 6.23 Å². The summed E-state index contributed by atoms with van der Waals surface area (Å²) in [7, 11) is 1.78. The summed E-state index contributed by atoms with van der Waals surface area (Å²) >= 11 is 7.07. The van der Waals surface area contributed by atoms with E-state index in [1.54, 1.807) is 16.8 Å². The molecule has 4 rings (SSSR count). The summed E-state index contributed by atoms with van der Waals surface area (Å²) in [5, 5.41) is 10.6. The predicted molar refractivity (Wildman–Crippen MR) is 120 cm³/mol. The summed E-state index contributed by atoms with van der Waals surface area (Å²) in [5.41, 5.74) is 0.713. The molecule has 1 unspecified atom stereocenters. The van der Waals surface area contributed by atoms with Crippen molar-refractivity contribution in [1.82, 2.24) is 15.1 Å². The summed E-state index contributed by atoms with van der Waals surface area (Å²) in [6, 6.07) is 7.38. The number of nitrogens with zero attached hydrogens (tertiary/aromatic N) is 4. The van der Waals surface area contributed by atoms with Crippen LogP contribution in [0.4, 0.5) is 9.93 Å².